The first-order valence-corrected chi connectivity index (χ1v) is 9.89. The molecule has 2 aromatic carbocycles. The molecule has 1 N–H and O–H groups in total. The number of ether oxygens (including phenoxy) is 1. The van der Waals surface area contributed by atoms with E-state index in [9.17, 15) is 4.79 Å². The number of rotatable bonds is 9. The smallest absolute Gasteiger partial charge is 0.234 e. The van der Waals surface area contributed by atoms with Crippen molar-refractivity contribution in [3.05, 3.63) is 71.8 Å². The number of benzene rings is 2. The molecule has 0 atom stereocenters. The van der Waals surface area contributed by atoms with E-state index >= 15 is 0 Å². The molecule has 140 valence electrons. The number of hydrogen-bond acceptors (Lipinski definition) is 5. The molecule has 0 aliphatic rings. The molecule has 0 aliphatic heterocycles. The third-order valence-electron chi connectivity index (χ3n) is 3.56. The van der Waals surface area contributed by atoms with Crippen LogP contribution < -0.4 is 10.1 Å². The maximum Gasteiger partial charge on any atom is 0.234 e. The molecule has 8 heteroatoms. The molecule has 0 radical (unpaired) electrons. The SMILES string of the molecule is O=C(CSCc1cccc(Cl)c1)Nc1cccc(OCCn2cncn2)c1. The molecule has 0 saturated carbocycles. The van der Waals surface area contributed by atoms with Crippen LogP contribution in [0.15, 0.2) is 61.2 Å². The molecule has 1 amide bonds. The molecule has 27 heavy (non-hydrogen) atoms. The molecule has 0 unspecified atom stereocenters. The molecule has 0 saturated heterocycles. The van der Waals surface area contributed by atoms with Crippen LogP contribution in [0.5, 0.6) is 5.75 Å². The number of amides is 1. The monoisotopic (exact) mass is 402 g/mol. The minimum absolute atomic E-state index is 0.0539. The molecule has 3 rings (SSSR count). The first-order valence-electron chi connectivity index (χ1n) is 8.36. The lowest BCUT2D eigenvalue weighted by Crippen LogP contribution is -2.14. The molecular formula is C19H19ClN4O2S. The van der Waals surface area contributed by atoms with E-state index in [0.29, 0.717) is 35.4 Å². The highest BCUT2D eigenvalue weighted by Gasteiger charge is 2.05. The standard InChI is InChI=1S/C19H19ClN4O2S/c20-16-4-1-3-15(9-16)11-27-12-19(25)23-17-5-2-6-18(10-17)26-8-7-24-14-21-13-22-24/h1-6,9-10,13-14H,7-8,11-12H2,(H,23,25). The van der Waals surface area contributed by atoms with Crippen LogP contribution in [0.4, 0.5) is 5.69 Å². The second-order valence-corrected chi connectivity index (χ2v) is 7.13. The topological polar surface area (TPSA) is 69.0 Å². The van der Waals surface area contributed by atoms with Gasteiger partial charge in [-0.1, -0.05) is 29.8 Å². The van der Waals surface area contributed by atoms with Crippen LogP contribution in [0.2, 0.25) is 5.02 Å². The summed E-state index contributed by atoms with van der Waals surface area (Å²) in [6.45, 7) is 1.08. The van der Waals surface area contributed by atoms with E-state index in [1.807, 2.05) is 42.5 Å². The molecule has 0 bridgehead atoms. The second kappa shape index (κ2) is 9.99. The number of hydrogen-bond donors (Lipinski definition) is 1. The number of nitrogens with one attached hydrogen (secondary N) is 1. The first kappa shape index (κ1) is 19.3. The Hall–Kier alpha value is -2.51. The molecule has 3 aromatic rings. The van der Waals surface area contributed by atoms with Crippen LogP contribution in [0.3, 0.4) is 0 Å². The third kappa shape index (κ3) is 6.62. The quantitative estimate of drug-likeness (QED) is 0.588. The zero-order valence-electron chi connectivity index (χ0n) is 14.5. The van der Waals surface area contributed by atoms with Gasteiger partial charge in [-0.3, -0.25) is 4.79 Å². The lowest BCUT2D eigenvalue weighted by atomic mass is 10.2. The van der Waals surface area contributed by atoms with Crippen molar-refractivity contribution in [2.24, 2.45) is 0 Å². The Kier molecular flexibility index (Phi) is 7.12. The van der Waals surface area contributed by atoms with Crippen molar-refractivity contribution in [3.63, 3.8) is 0 Å². The van der Waals surface area contributed by atoms with Crippen molar-refractivity contribution in [3.8, 4) is 5.75 Å². The minimum Gasteiger partial charge on any atom is -0.492 e. The van der Waals surface area contributed by atoms with E-state index < -0.39 is 0 Å². The van der Waals surface area contributed by atoms with Crippen LogP contribution in [0.1, 0.15) is 5.56 Å². The van der Waals surface area contributed by atoms with Crippen LogP contribution in [0, 0.1) is 0 Å². The van der Waals surface area contributed by atoms with Crippen LogP contribution >= 0.6 is 23.4 Å². The summed E-state index contributed by atoms with van der Waals surface area (Å²) in [6.07, 6.45) is 3.13. The van der Waals surface area contributed by atoms with Crippen molar-refractivity contribution in [1.29, 1.82) is 0 Å². The lowest BCUT2D eigenvalue weighted by Gasteiger charge is -2.09. The van der Waals surface area contributed by atoms with E-state index in [4.69, 9.17) is 16.3 Å². The van der Waals surface area contributed by atoms with Gasteiger partial charge in [-0.15, -0.1) is 11.8 Å². The molecule has 0 fully saturated rings. The van der Waals surface area contributed by atoms with Crippen molar-refractivity contribution >= 4 is 35.0 Å². The maximum atomic E-state index is 12.1. The summed E-state index contributed by atoms with van der Waals surface area (Å²) in [7, 11) is 0. The van der Waals surface area contributed by atoms with E-state index in [1.165, 1.54) is 6.33 Å². The van der Waals surface area contributed by atoms with E-state index in [0.717, 1.165) is 11.3 Å². The predicted molar refractivity (Wildman–Crippen MR) is 108 cm³/mol. The Morgan fingerprint density at radius 3 is 2.93 bits per heavy atom. The van der Waals surface area contributed by atoms with E-state index in [-0.39, 0.29) is 5.91 Å². The number of carbonyl (C=O) groups is 1. The Bertz CT molecular complexity index is 874. The number of anilines is 1. The van der Waals surface area contributed by atoms with Crippen molar-refractivity contribution < 1.29 is 9.53 Å². The maximum absolute atomic E-state index is 12.1. The van der Waals surface area contributed by atoms with Gasteiger partial charge in [0.1, 0.15) is 25.0 Å². The zero-order chi connectivity index (χ0) is 18.9. The summed E-state index contributed by atoms with van der Waals surface area (Å²) < 4.78 is 7.39. The Morgan fingerprint density at radius 2 is 2.11 bits per heavy atom. The molecule has 0 spiro atoms. The van der Waals surface area contributed by atoms with Gasteiger partial charge in [0, 0.05) is 22.5 Å². The van der Waals surface area contributed by atoms with E-state index in [2.05, 4.69) is 15.4 Å². The fourth-order valence-corrected chi connectivity index (χ4v) is 3.34. The van der Waals surface area contributed by atoms with Crippen molar-refractivity contribution in [2.45, 2.75) is 12.3 Å². The summed E-state index contributed by atoms with van der Waals surface area (Å²) in [5.41, 5.74) is 1.81. The largest absolute Gasteiger partial charge is 0.492 e. The van der Waals surface area contributed by atoms with Crippen LogP contribution in [-0.4, -0.2) is 33.0 Å². The van der Waals surface area contributed by atoms with Gasteiger partial charge in [0.05, 0.1) is 12.3 Å². The number of halogens is 1. The van der Waals surface area contributed by atoms with Gasteiger partial charge in [-0.25, -0.2) is 9.67 Å². The Labute approximate surface area is 166 Å². The summed E-state index contributed by atoms with van der Waals surface area (Å²) in [5, 5.41) is 7.62. The Balaban J connectivity index is 1.42. The highest BCUT2D eigenvalue weighted by molar-refractivity contribution is 7.99. The summed E-state index contributed by atoms with van der Waals surface area (Å²) in [6, 6.07) is 15.0. The van der Waals surface area contributed by atoms with Gasteiger partial charge in [0.25, 0.3) is 0 Å². The van der Waals surface area contributed by atoms with Crippen LogP contribution in [0.25, 0.3) is 0 Å². The zero-order valence-corrected chi connectivity index (χ0v) is 16.1. The average molecular weight is 403 g/mol. The molecular weight excluding hydrogens is 384 g/mol. The fourth-order valence-electron chi connectivity index (χ4n) is 2.35. The van der Waals surface area contributed by atoms with Crippen molar-refractivity contribution in [2.75, 3.05) is 17.7 Å². The number of nitrogens with zero attached hydrogens (tertiary/aromatic N) is 3. The summed E-state index contributed by atoms with van der Waals surface area (Å²) in [4.78, 5) is 16.0. The second-order valence-electron chi connectivity index (χ2n) is 5.71. The van der Waals surface area contributed by atoms with Gasteiger partial charge in [0.2, 0.25) is 5.91 Å². The van der Waals surface area contributed by atoms with Gasteiger partial charge >= 0.3 is 0 Å². The molecule has 1 aromatic heterocycles. The highest BCUT2D eigenvalue weighted by Crippen LogP contribution is 2.19. The molecule has 6 nitrogen and oxygen atoms in total. The number of aromatic nitrogens is 3. The fraction of sp³-hybridized carbons (Fsp3) is 0.211. The molecule has 0 aliphatic carbocycles. The highest BCUT2D eigenvalue weighted by atomic mass is 35.5. The molecule has 1 heterocycles. The summed E-state index contributed by atoms with van der Waals surface area (Å²) in [5.74, 6) is 1.74. The normalized spacial score (nSPS) is 10.6. The average Bonchev–Trinajstić information content (AvgIpc) is 3.16. The third-order valence-corrected chi connectivity index (χ3v) is 4.80. The number of carbonyl (C=O) groups excluding carboxylic acids is 1. The summed E-state index contributed by atoms with van der Waals surface area (Å²) >= 11 is 7.51. The van der Waals surface area contributed by atoms with Gasteiger partial charge in [-0.05, 0) is 29.8 Å². The first-order chi connectivity index (χ1) is 13.2. The van der Waals surface area contributed by atoms with Gasteiger partial charge in [-0.2, -0.15) is 5.10 Å². The number of thioether (sulfide) groups is 1. The van der Waals surface area contributed by atoms with E-state index in [1.54, 1.807) is 28.8 Å². The van der Waals surface area contributed by atoms with Gasteiger partial charge < -0.3 is 10.1 Å². The van der Waals surface area contributed by atoms with Crippen molar-refractivity contribution in [1.82, 2.24) is 14.8 Å². The minimum atomic E-state index is -0.0539. The van der Waals surface area contributed by atoms with Gasteiger partial charge in [0.15, 0.2) is 0 Å². The Morgan fingerprint density at radius 1 is 1.22 bits per heavy atom. The lowest BCUT2D eigenvalue weighted by molar-refractivity contribution is -0.113. The predicted octanol–water partition coefficient (Wildman–Crippen LogP) is 3.88. The van der Waals surface area contributed by atoms with Crippen LogP contribution in [-0.2, 0) is 17.1 Å².